The molecule has 0 saturated heterocycles. The van der Waals surface area contributed by atoms with E-state index in [1.54, 1.807) is 0 Å². The Kier molecular flexibility index (Phi) is 4.05. The molecule has 0 spiro atoms. The van der Waals surface area contributed by atoms with Crippen molar-refractivity contribution in [1.29, 1.82) is 0 Å². The lowest BCUT2D eigenvalue weighted by Gasteiger charge is -2.02. The second-order valence-electron chi connectivity index (χ2n) is 4.20. The molecule has 0 aliphatic rings. The second-order valence-corrected chi connectivity index (χ2v) is 4.97. The van der Waals surface area contributed by atoms with Crippen LogP contribution in [0.5, 0.6) is 0 Å². The lowest BCUT2D eigenvalue weighted by atomic mass is 10.2. The Balaban J connectivity index is 2.32. The first-order chi connectivity index (χ1) is 8.56. The highest BCUT2D eigenvalue weighted by molar-refractivity contribution is 6.69. The highest BCUT2D eigenvalue weighted by Crippen LogP contribution is 2.23. The van der Waals surface area contributed by atoms with Crippen molar-refractivity contribution in [2.75, 3.05) is 0 Å². The van der Waals surface area contributed by atoms with Crippen LogP contribution in [-0.4, -0.2) is 5.17 Å². The molecule has 0 unspecified atom stereocenters. The van der Waals surface area contributed by atoms with Gasteiger partial charge < -0.3 is 0 Å². The van der Waals surface area contributed by atoms with Crippen LogP contribution in [0.4, 0.5) is 5.69 Å². The quantitative estimate of drug-likeness (QED) is 0.663. The normalized spacial score (nSPS) is 11.7. The van der Waals surface area contributed by atoms with Gasteiger partial charge in [0, 0.05) is 10.6 Å². The molecule has 0 fully saturated rings. The number of aliphatic imine (C=N–C) groups is 1. The van der Waals surface area contributed by atoms with Crippen molar-refractivity contribution in [2.24, 2.45) is 4.99 Å². The molecule has 0 aromatic heterocycles. The Bertz CT molecular complexity index is 586. The fourth-order valence-electron chi connectivity index (χ4n) is 1.52. The highest BCUT2D eigenvalue weighted by Gasteiger charge is 2.01. The molecular formula is C15H13Cl2N. The van der Waals surface area contributed by atoms with Gasteiger partial charge in [-0.2, -0.15) is 0 Å². The largest absolute Gasteiger partial charge is 0.236 e. The summed E-state index contributed by atoms with van der Waals surface area (Å²) in [6.07, 6.45) is 0. The highest BCUT2D eigenvalue weighted by atomic mass is 35.5. The molecule has 0 aliphatic heterocycles. The molecule has 0 amide bonds. The van der Waals surface area contributed by atoms with Crippen LogP contribution in [-0.2, 0) is 0 Å². The predicted octanol–water partition coefficient (Wildman–Crippen LogP) is 5.27. The zero-order valence-corrected chi connectivity index (χ0v) is 11.8. The zero-order valence-electron chi connectivity index (χ0n) is 10.2. The van der Waals surface area contributed by atoms with Gasteiger partial charge in [-0.3, -0.25) is 0 Å². The molecule has 0 radical (unpaired) electrons. The number of hydrogen-bond acceptors (Lipinski definition) is 1. The van der Waals surface area contributed by atoms with Crippen LogP contribution in [0.2, 0.25) is 5.02 Å². The zero-order chi connectivity index (χ0) is 13.1. The lowest BCUT2D eigenvalue weighted by molar-refractivity contribution is 1.43. The number of hydrogen-bond donors (Lipinski definition) is 0. The summed E-state index contributed by atoms with van der Waals surface area (Å²) in [5.41, 5.74) is 3.89. The third kappa shape index (κ3) is 3.12. The van der Waals surface area contributed by atoms with Gasteiger partial charge in [0.05, 0.1) is 5.69 Å². The average Bonchev–Trinajstić information content (AvgIpc) is 2.34. The van der Waals surface area contributed by atoms with Gasteiger partial charge in [-0.1, -0.05) is 59.1 Å². The number of halogens is 2. The fourth-order valence-corrected chi connectivity index (χ4v) is 1.92. The number of aryl methyl sites for hydroxylation is 2. The monoisotopic (exact) mass is 277 g/mol. The molecule has 92 valence electrons. The van der Waals surface area contributed by atoms with Gasteiger partial charge in [0.25, 0.3) is 0 Å². The summed E-state index contributed by atoms with van der Waals surface area (Å²) in [4.78, 5) is 4.36. The third-order valence-electron chi connectivity index (χ3n) is 2.67. The van der Waals surface area contributed by atoms with Crippen molar-refractivity contribution in [3.8, 4) is 0 Å². The Morgan fingerprint density at radius 1 is 1.00 bits per heavy atom. The Labute approximate surface area is 117 Å². The van der Waals surface area contributed by atoms with Gasteiger partial charge in [-0.25, -0.2) is 4.99 Å². The van der Waals surface area contributed by atoms with Crippen molar-refractivity contribution >= 4 is 34.1 Å². The maximum atomic E-state index is 6.19. The molecule has 2 rings (SSSR count). The summed E-state index contributed by atoms with van der Waals surface area (Å²) in [5.74, 6) is 0. The van der Waals surface area contributed by atoms with E-state index in [1.165, 1.54) is 5.56 Å². The van der Waals surface area contributed by atoms with Crippen molar-refractivity contribution in [3.05, 3.63) is 64.2 Å². The van der Waals surface area contributed by atoms with Gasteiger partial charge in [0.2, 0.25) is 0 Å². The Morgan fingerprint density at radius 3 is 2.28 bits per heavy atom. The van der Waals surface area contributed by atoms with Crippen LogP contribution >= 0.6 is 23.2 Å². The molecule has 0 aliphatic carbocycles. The van der Waals surface area contributed by atoms with Crippen molar-refractivity contribution < 1.29 is 0 Å². The van der Waals surface area contributed by atoms with Crippen molar-refractivity contribution in [1.82, 2.24) is 0 Å². The van der Waals surface area contributed by atoms with E-state index in [9.17, 15) is 0 Å². The van der Waals surface area contributed by atoms with E-state index in [0.29, 0.717) is 10.2 Å². The van der Waals surface area contributed by atoms with E-state index in [-0.39, 0.29) is 0 Å². The fraction of sp³-hybridized carbons (Fsp3) is 0.133. The van der Waals surface area contributed by atoms with E-state index in [4.69, 9.17) is 23.2 Å². The first-order valence-electron chi connectivity index (χ1n) is 5.63. The molecule has 2 aromatic rings. The van der Waals surface area contributed by atoms with Crippen LogP contribution in [0.25, 0.3) is 0 Å². The Morgan fingerprint density at radius 2 is 1.67 bits per heavy atom. The summed E-state index contributed by atoms with van der Waals surface area (Å²) in [6, 6.07) is 13.6. The molecule has 0 atom stereocenters. The van der Waals surface area contributed by atoms with Crippen molar-refractivity contribution in [3.63, 3.8) is 0 Å². The maximum absolute atomic E-state index is 6.19. The van der Waals surface area contributed by atoms with Crippen LogP contribution in [0.15, 0.2) is 47.5 Å². The smallest absolute Gasteiger partial charge is 0.136 e. The molecule has 18 heavy (non-hydrogen) atoms. The summed E-state index contributed by atoms with van der Waals surface area (Å²) in [6.45, 7) is 3.99. The van der Waals surface area contributed by atoms with E-state index in [2.05, 4.69) is 4.99 Å². The minimum atomic E-state index is 0.468. The molecule has 0 heterocycles. The molecule has 2 aromatic carbocycles. The molecular weight excluding hydrogens is 265 g/mol. The number of benzene rings is 2. The molecule has 3 heteroatoms. The van der Waals surface area contributed by atoms with E-state index >= 15 is 0 Å². The average molecular weight is 278 g/mol. The molecule has 1 nitrogen and oxygen atoms in total. The molecule has 0 saturated carbocycles. The minimum Gasteiger partial charge on any atom is -0.236 e. The summed E-state index contributed by atoms with van der Waals surface area (Å²) >= 11 is 12.2. The first-order valence-corrected chi connectivity index (χ1v) is 6.39. The van der Waals surface area contributed by atoms with Crippen LogP contribution in [0.1, 0.15) is 16.7 Å². The summed E-state index contributed by atoms with van der Waals surface area (Å²) < 4.78 is 0. The second kappa shape index (κ2) is 5.55. The van der Waals surface area contributed by atoms with E-state index < -0.39 is 0 Å². The topological polar surface area (TPSA) is 12.4 Å². The SMILES string of the molecule is Cc1ccc(C(Cl)=Nc2ccc(C)c(Cl)c2)cc1. The molecule has 0 N–H and O–H groups in total. The van der Waals surface area contributed by atoms with Crippen molar-refractivity contribution in [2.45, 2.75) is 13.8 Å². The van der Waals surface area contributed by atoms with Gasteiger partial charge in [-0.15, -0.1) is 0 Å². The summed E-state index contributed by atoms with van der Waals surface area (Å²) in [5, 5.41) is 1.17. The predicted molar refractivity (Wildman–Crippen MR) is 79.4 cm³/mol. The molecule has 0 bridgehead atoms. The standard InChI is InChI=1S/C15H13Cl2N/c1-10-3-6-12(7-4-10)15(17)18-13-8-5-11(2)14(16)9-13/h3-9H,1-2H3. The third-order valence-corrected chi connectivity index (χ3v) is 3.38. The van der Waals surface area contributed by atoms with Gasteiger partial charge in [-0.05, 0) is 31.5 Å². The number of nitrogens with zero attached hydrogens (tertiary/aromatic N) is 1. The van der Waals surface area contributed by atoms with E-state index in [1.807, 2.05) is 56.3 Å². The van der Waals surface area contributed by atoms with Gasteiger partial charge in [0.15, 0.2) is 0 Å². The van der Waals surface area contributed by atoms with Crippen LogP contribution in [0.3, 0.4) is 0 Å². The van der Waals surface area contributed by atoms with E-state index in [0.717, 1.165) is 16.8 Å². The van der Waals surface area contributed by atoms with Gasteiger partial charge >= 0.3 is 0 Å². The Hall–Kier alpha value is -1.31. The van der Waals surface area contributed by atoms with Gasteiger partial charge in [0.1, 0.15) is 5.17 Å². The minimum absolute atomic E-state index is 0.468. The van der Waals surface area contributed by atoms with Crippen LogP contribution in [0, 0.1) is 13.8 Å². The number of rotatable bonds is 2. The van der Waals surface area contributed by atoms with Crippen LogP contribution < -0.4 is 0 Å². The lowest BCUT2D eigenvalue weighted by Crippen LogP contribution is -1.90. The maximum Gasteiger partial charge on any atom is 0.136 e. The summed E-state index contributed by atoms with van der Waals surface area (Å²) in [7, 11) is 0. The first kappa shape index (κ1) is 13.1.